The Balaban J connectivity index is 3.67. The predicted octanol–water partition coefficient (Wildman–Crippen LogP) is 0.335. The largest absolute Gasteiger partial charge is 0.467 e. The number of rotatable bonds is 5. The molecule has 0 heterocycles. The van der Waals surface area contributed by atoms with Crippen molar-refractivity contribution in [2.75, 3.05) is 13.7 Å². The van der Waals surface area contributed by atoms with E-state index in [2.05, 4.69) is 4.74 Å². The van der Waals surface area contributed by atoms with E-state index in [-0.39, 0.29) is 12.5 Å². The zero-order valence-electron chi connectivity index (χ0n) is 7.74. The van der Waals surface area contributed by atoms with Gasteiger partial charge >= 0.3 is 5.97 Å². The van der Waals surface area contributed by atoms with Crippen LogP contribution in [0.1, 0.15) is 20.3 Å². The number of methoxy groups -OCH3 is 1. The van der Waals surface area contributed by atoms with E-state index < -0.39 is 12.1 Å². The van der Waals surface area contributed by atoms with Crippen molar-refractivity contribution in [3.05, 3.63) is 0 Å². The Morgan fingerprint density at radius 1 is 1.58 bits per heavy atom. The predicted molar refractivity (Wildman–Crippen MR) is 43.7 cm³/mol. The second kappa shape index (κ2) is 5.97. The first-order valence-corrected chi connectivity index (χ1v) is 3.99. The van der Waals surface area contributed by atoms with Gasteiger partial charge in [0.05, 0.1) is 13.2 Å². The fourth-order valence-corrected chi connectivity index (χ4v) is 0.899. The normalized spacial score (nSPS) is 15.3. The third-order valence-corrected chi connectivity index (χ3v) is 1.48. The fraction of sp³-hybridized carbons (Fsp3) is 0.875. The van der Waals surface area contributed by atoms with Crippen LogP contribution in [0.5, 0.6) is 0 Å². The van der Waals surface area contributed by atoms with E-state index in [1.165, 1.54) is 7.11 Å². The number of aliphatic hydroxyl groups excluding tert-OH is 1. The maximum absolute atomic E-state index is 10.7. The Labute approximate surface area is 72.5 Å². The first-order chi connectivity index (χ1) is 5.61. The Kier molecular flexibility index (Phi) is 5.66. The molecule has 0 aliphatic rings. The van der Waals surface area contributed by atoms with Crippen molar-refractivity contribution < 1.29 is 19.4 Å². The van der Waals surface area contributed by atoms with E-state index in [1.54, 1.807) is 6.92 Å². The molecule has 0 spiro atoms. The summed E-state index contributed by atoms with van der Waals surface area (Å²) in [6.07, 6.45) is -0.916. The molecule has 0 aromatic carbocycles. The standard InChI is InChI=1S/C8H16O4/c1-4-12-6(2)5-7(9)8(10)11-3/h6-7,9H,4-5H2,1-3H3. The molecule has 12 heavy (non-hydrogen) atoms. The highest BCUT2D eigenvalue weighted by Gasteiger charge is 2.18. The van der Waals surface area contributed by atoms with E-state index in [9.17, 15) is 4.79 Å². The Bertz CT molecular complexity index is 135. The van der Waals surface area contributed by atoms with Crippen LogP contribution in [0.15, 0.2) is 0 Å². The van der Waals surface area contributed by atoms with E-state index in [4.69, 9.17) is 9.84 Å². The van der Waals surface area contributed by atoms with Crippen molar-refractivity contribution in [3.8, 4) is 0 Å². The quantitative estimate of drug-likeness (QED) is 0.613. The third kappa shape index (κ3) is 4.31. The van der Waals surface area contributed by atoms with Crippen LogP contribution in [0.3, 0.4) is 0 Å². The molecular formula is C8H16O4. The Morgan fingerprint density at radius 3 is 2.58 bits per heavy atom. The molecule has 1 N–H and O–H groups in total. The number of ether oxygens (including phenoxy) is 2. The van der Waals surface area contributed by atoms with Crippen molar-refractivity contribution in [2.45, 2.75) is 32.5 Å². The topological polar surface area (TPSA) is 55.8 Å². The summed E-state index contributed by atoms with van der Waals surface area (Å²) in [5.74, 6) is -0.610. The molecule has 2 atom stereocenters. The van der Waals surface area contributed by atoms with Crippen LogP contribution in [-0.4, -0.2) is 37.0 Å². The van der Waals surface area contributed by atoms with Gasteiger partial charge in [0.1, 0.15) is 0 Å². The summed E-state index contributed by atoms with van der Waals surface area (Å²) in [5.41, 5.74) is 0. The van der Waals surface area contributed by atoms with E-state index >= 15 is 0 Å². The number of hydrogen-bond donors (Lipinski definition) is 1. The van der Waals surface area contributed by atoms with Crippen molar-refractivity contribution in [1.82, 2.24) is 0 Å². The van der Waals surface area contributed by atoms with Gasteiger partial charge in [0.2, 0.25) is 0 Å². The van der Waals surface area contributed by atoms with E-state index in [1.807, 2.05) is 6.92 Å². The summed E-state index contributed by atoms with van der Waals surface area (Å²) < 4.78 is 9.49. The van der Waals surface area contributed by atoms with Crippen molar-refractivity contribution >= 4 is 5.97 Å². The molecule has 0 saturated heterocycles. The minimum absolute atomic E-state index is 0.121. The SMILES string of the molecule is CCOC(C)CC(O)C(=O)OC. The van der Waals surface area contributed by atoms with Gasteiger partial charge in [-0.25, -0.2) is 4.79 Å². The highest BCUT2D eigenvalue weighted by Crippen LogP contribution is 2.03. The van der Waals surface area contributed by atoms with Gasteiger partial charge in [-0.05, 0) is 13.8 Å². The van der Waals surface area contributed by atoms with Crippen LogP contribution >= 0.6 is 0 Å². The van der Waals surface area contributed by atoms with Gasteiger partial charge in [-0.1, -0.05) is 0 Å². The minimum Gasteiger partial charge on any atom is -0.467 e. The number of carbonyl (C=O) groups excluding carboxylic acids is 1. The monoisotopic (exact) mass is 176 g/mol. The molecule has 4 nitrogen and oxygen atoms in total. The first kappa shape index (κ1) is 11.4. The van der Waals surface area contributed by atoms with Gasteiger partial charge in [0.15, 0.2) is 6.10 Å². The van der Waals surface area contributed by atoms with Gasteiger partial charge in [0, 0.05) is 13.0 Å². The highest BCUT2D eigenvalue weighted by molar-refractivity contribution is 5.74. The average Bonchev–Trinajstić information content (AvgIpc) is 2.03. The molecule has 4 heteroatoms. The molecule has 0 aromatic rings. The molecule has 0 bridgehead atoms. The molecule has 0 rings (SSSR count). The fourth-order valence-electron chi connectivity index (χ4n) is 0.899. The lowest BCUT2D eigenvalue weighted by Gasteiger charge is -2.14. The maximum atomic E-state index is 10.7. The summed E-state index contributed by atoms with van der Waals surface area (Å²) in [6, 6.07) is 0. The molecule has 72 valence electrons. The number of carbonyl (C=O) groups is 1. The zero-order chi connectivity index (χ0) is 9.56. The molecule has 0 radical (unpaired) electrons. The van der Waals surface area contributed by atoms with E-state index in [0.717, 1.165) is 0 Å². The molecule has 0 aliphatic heterocycles. The van der Waals surface area contributed by atoms with Crippen molar-refractivity contribution in [1.29, 1.82) is 0 Å². The average molecular weight is 176 g/mol. The highest BCUT2D eigenvalue weighted by atomic mass is 16.5. The van der Waals surface area contributed by atoms with E-state index in [0.29, 0.717) is 6.61 Å². The van der Waals surface area contributed by atoms with Gasteiger partial charge in [-0.3, -0.25) is 0 Å². The van der Waals surface area contributed by atoms with Crippen LogP contribution < -0.4 is 0 Å². The summed E-state index contributed by atoms with van der Waals surface area (Å²) in [6.45, 7) is 4.24. The lowest BCUT2D eigenvalue weighted by atomic mass is 10.2. The molecule has 0 amide bonds. The zero-order valence-corrected chi connectivity index (χ0v) is 7.74. The molecule has 0 aliphatic carbocycles. The first-order valence-electron chi connectivity index (χ1n) is 3.99. The van der Waals surface area contributed by atoms with Gasteiger partial charge in [0.25, 0.3) is 0 Å². The molecule has 0 saturated carbocycles. The van der Waals surface area contributed by atoms with Crippen LogP contribution in [0.25, 0.3) is 0 Å². The Morgan fingerprint density at radius 2 is 2.17 bits per heavy atom. The van der Waals surface area contributed by atoms with Gasteiger partial charge < -0.3 is 14.6 Å². The lowest BCUT2D eigenvalue weighted by Crippen LogP contribution is -2.27. The van der Waals surface area contributed by atoms with Crippen LogP contribution in [0.4, 0.5) is 0 Å². The Hall–Kier alpha value is -0.610. The van der Waals surface area contributed by atoms with Gasteiger partial charge in [-0.15, -0.1) is 0 Å². The smallest absolute Gasteiger partial charge is 0.334 e. The second-order valence-electron chi connectivity index (χ2n) is 2.54. The van der Waals surface area contributed by atoms with Crippen molar-refractivity contribution in [3.63, 3.8) is 0 Å². The molecule has 2 unspecified atom stereocenters. The van der Waals surface area contributed by atoms with Crippen LogP contribution in [0.2, 0.25) is 0 Å². The molecule has 0 fully saturated rings. The van der Waals surface area contributed by atoms with Crippen LogP contribution in [-0.2, 0) is 14.3 Å². The summed E-state index contributed by atoms with van der Waals surface area (Å²) >= 11 is 0. The molecular weight excluding hydrogens is 160 g/mol. The third-order valence-electron chi connectivity index (χ3n) is 1.48. The summed E-state index contributed by atoms with van der Waals surface area (Å²) in [4.78, 5) is 10.7. The maximum Gasteiger partial charge on any atom is 0.334 e. The number of aliphatic hydroxyl groups is 1. The second-order valence-corrected chi connectivity index (χ2v) is 2.54. The lowest BCUT2D eigenvalue weighted by molar-refractivity contribution is -0.152. The van der Waals surface area contributed by atoms with Crippen LogP contribution in [0, 0.1) is 0 Å². The summed E-state index contributed by atoms with van der Waals surface area (Å²) in [5, 5.41) is 9.16. The summed E-state index contributed by atoms with van der Waals surface area (Å²) in [7, 11) is 1.25. The minimum atomic E-state index is -1.07. The van der Waals surface area contributed by atoms with Gasteiger partial charge in [-0.2, -0.15) is 0 Å². The molecule has 0 aromatic heterocycles. The van der Waals surface area contributed by atoms with Crippen molar-refractivity contribution in [2.24, 2.45) is 0 Å². The number of esters is 1. The number of hydrogen-bond acceptors (Lipinski definition) is 4.